The molecule has 8 heteroatoms. The van der Waals surface area contributed by atoms with Gasteiger partial charge in [-0.25, -0.2) is 8.42 Å². The maximum atomic E-state index is 13.1. The first-order valence-corrected chi connectivity index (χ1v) is 12.4. The van der Waals surface area contributed by atoms with Gasteiger partial charge < -0.3 is 10.1 Å². The number of nitrogens with zero attached hydrogens (tertiary/aromatic N) is 1. The Morgan fingerprint density at radius 1 is 1.13 bits per heavy atom. The fourth-order valence-corrected chi connectivity index (χ4v) is 6.14. The lowest BCUT2D eigenvalue weighted by Gasteiger charge is -2.33. The molecule has 2 aromatic carbocycles. The van der Waals surface area contributed by atoms with E-state index in [1.54, 1.807) is 19.2 Å². The number of piperidine rings is 1. The normalized spacial score (nSPS) is 21.9. The molecule has 0 spiro atoms. The molecular weight excluding hydrogens is 436 g/mol. The van der Waals surface area contributed by atoms with E-state index in [0.717, 1.165) is 30.6 Å². The van der Waals surface area contributed by atoms with Crippen molar-refractivity contribution in [1.29, 1.82) is 0 Å². The molecule has 1 saturated heterocycles. The third-order valence-electron chi connectivity index (χ3n) is 6.19. The highest BCUT2D eigenvalue weighted by Crippen LogP contribution is 2.33. The van der Waals surface area contributed by atoms with Gasteiger partial charge in [-0.1, -0.05) is 17.7 Å². The summed E-state index contributed by atoms with van der Waals surface area (Å²) in [5.74, 6) is 0.380. The summed E-state index contributed by atoms with van der Waals surface area (Å²) in [6, 6.07) is 12.1. The van der Waals surface area contributed by atoms with Crippen molar-refractivity contribution in [2.24, 2.45) is 5.92 Å². The molecule has 6 nitrogen and oxygen atoms in total. The number of halogens is 1. The topological polar surface area (TPSA) is 75.7 Å². The molecule has 0 aromatic heterocycles. The summed E-state index contributed by atoms with van der Waals surface area (Å²) in [5.41, 5.74) is 2.33. The minimum Gasteiger partial charge on any atom is -0.497 e. The second-order valence-corrected chi connectivity index (χ2v) is 10.5. The van der Waals surface area contributed by atoms with Crippen molar-refractivity contribution < 1.29 is 17.9 Å². The van der Waals surface area contributed by atoms with E-state index in [9.17, 15) is 13.2 Å². The number of carbonyl (C=O) groups excluding carboxylic acids is 1. The number of rotatable bonds is 5. The third-order valence-corrected chi connectivity index (χ3v) is 8.32. The standard InChI is InChI=1S/C23H27ClN2O4S/c1-30-19-9-12-21-16(14-19)4-2-6-22(21)25-23(27)17-5-3-13-26(15-17)31(28,29)20-10-7-18(24)8-11-20/h7-12,14,17,22H,2-6,13,15H2,1H3,(H,25,27)/t17-,22+/m0/s1. The molecule has 0 bridgehead atoms. The molecule has 1 N–H and O–H groups in total. The summed E-state index contributed by atoms with van der Waals surface area (Å²) in [7, 11) is -2.00. The highest BCUT2D eigenvalue weighted by Gasteiger charge is 2.34. The van der Waals surface area contributed by atoms with Gasteiger partial charge in [-0.05, 0) is 79.6 Å². The number of sulfonamides is 1. The molecule has 31 heavy (non-hydrogen) atoms. The summed E-state index contributed by atoms with van der Waals surface area (Å²) >= 11 is 5.89. The van der Waals surface area contributed by atoms with E-state index in [0.29, 0.717) is 24.4 Å². The smallest absolute Gasteiger partial charge is 0.243 e. The Balaban J connectivity index is 1.46. The number of aryl methyl sites for hydroxylation is 1. The summed E-state index contributed by atoms with van der Waals surface area (Å²) in [4.78, 5) is 13.3. The number of hydrogen-bond acceptors (Lipinski definition) is 4. The van der Waals surface area contributed by atoms with Gasteiger partial charge in [-0.15, -0.1) is 0 Å². The molecule has 4 rings (SSSR count). The van der Waals surface area contributed by atoms with Crippen molar-refractivity contribution in [2.75, 3.05) is 20.2 Å². The van der Waals surface area contributed by atoms with Gasteiger partial charge in [0.2, 0.25) is 15.9 Å². The van der Waals surface area contributed by atoms with Crippen LogP contribution in [-0.2, 0) is 21.2 Å². The van der Waals surface area contributed by atoms with E-state index in [1.165, 1.54) is 22.0 Å². The molecule has 1 fully saturated rings. The van der Waals surface area contributed by atoms with E-state index in [4.69, 9.17) is 16.3 Å². The maximum Gasteiger partial charge on any atom is 0.243 e. The molecular formula is C23H27ClN2O4S. The van der Waals surface area contributed by atoms with E-state index < -0.39 is 10.0 Å². The fraction of sp³-hybridized carbons (Fsp3) is 0.435. The van der Waals surface area contributed by atoms with Gasteiger partial charge in [0, 0.05) is 18.1 Å². The van der Waals surface area contributed by atoms with Crippen LogP contribution in [0.4, 0.5) is 0 Å². The van der Waals surface area contributed by atoms with Crippen LogP contribution in [0, 0.1) is 5.92 Å². The number of methoxy groups -OCH3 is 1. The summed E-state index contributed by atoms with van der Waals surface area (Å²) < 4.78 is 32.8. The number of carbonyl (C=O) groups is 1. The molecule has 0 radical (unpaired) electrons. The summed E-state index contributed by atoms with van der Waals surface area (Å²) in [5, 5.41) is 3.67. The van der Waals surface area contributed by atoms with Gasteiger partial charge in [-0.3, -0.25) is 4.79 Å². The van der Waals surface area contributed by atoms with Crippen molar-refractivity contribution in [3.8, 4) is 5.75 Å². The number of amides is 1. The maximum absolute atomic E-state index is 13.1. The predicted molar refractivity (Wildman–Crippen MR) is 120 cm³/mol. The van der Waals surface area contributed by atoms with Crippen molar-refractivity contribution >= 4 is 27.5 Å². The van der Waals surface area contributed by atoms with Crippen LogP contribution < -0.4 is 10.1 Å². The van der Waals surface area contributed by atoms with E-state index in [-0.39, 0.29) is 29.3 Å². The van der Waals surface area contributed by atoms with Gasteiger partial charge in [-0.2, -0.15) is 4.31 Å². The van der Waals surface area contributed by atoms with Crippen LogP contribution in [-0.4, -0.2) is 38.8 Å². The Hall–Kier alpha value is -2.09. The molecule has 1 aliphatic heterocycles. The average Bonchev–Trinajstić information content (AvgIpc) is 2.79. The number of ether oxygens (including phenoxy) is 1. The molecule has 2 aromatic rings. The van der Waals surface area contributed by atoms with Crippen LogP contribution in [0.15, 0.2) is 47.4 Å². The Bertz CT molecular complexity index is 1060. The highest BCUT2D eigenvalue weighted by atomic mass is 35.5. The third kappa shape index (κ3) is 4.73. The predicted octanol–water partition coefficient (Wildman–Crippen LogP) is 3.94. The monoisotopic (exact) mass is 462 g/mol. The Morgan fingerprint density at radius 3 is 2.65 bits per heavy atom. The van der Waals surface area contributed by atoms with Gasteiger partial charge in [0.15, 0.2) is 0 Å². The number of benzene rings is 2. The van der Waals surface area contributed by atoms with Gasteiger partial charge >= 0.3 is 0 Å². The average molecular weight is 463 g/mol. The Labute approximate surface area is 188 Å². The molecule has 1 aliphatic carbocycles. The quantitative estimate of drug-likeness (QED) is 0.730. The van der Waals surface area contributed by atoms with Crippen LogP contribution in [0.1, 0.15) is 42.9 Å². The van der Waals surface area contributed by atoms with Crippen LogP contribution in [0.25, 0.3) is 0 Å². The SMILES string of the molecule is COc1ccc2c(c1)CCC[C@H]2NC(=O)[C@H]1CCCN(S(=O)(=O)c2ccc(Cl)cc2)C1. The summed E-state index contributed by atoms with van der Waals surface area (Å²) in [6.07, 6.45) is 4.18. The number of fused-ring (bicyclic) bond motifs is 1. The lowest BCUT2D eigenvalue weighted by Crippen LogP contribution is -2.46. The zero-order valence-corrected chi connectivity index (χ0v) is 19.1. The molecule has 166 valence electrons. The molecule has 1 amide bonds. The van der Waals surface area contributed by atoms with Crippen LogP contribution >= 0.6 is 11.6 Å². The second kappa shape index (κ2) is 9.18. The van der Waals surface area contributed by atoms with Crippen LogP contribution in [0.3, 0.4) is 0 Å². The zero-order chi connectivity index (χ0) is 22.0. The Kier molecular flexibility index (Phi) is 6.55. The number of hydrogen-bond donors (Lipinski definition) is 1. The van der Waals surface area contributed by atoms with Crippen molar-refractivity contribution in [3.05, 3.63) is 58.6 Å². The lowest BCUT2D eigenvalue weighted by atomic mass is 9.87. The first-order chi connectivity index (χ1) is 14.9. The highest BCUT2D eigenvalue weighted by molar-refractivity contribution is 7.89. The first kappa shape index (κ1) is 22.1. The largest absolute Gasteiger partial charge is 0.497 e. The minimum atomic E-state index is -3.65. The molecule has 2 aliphatic rings. The molecule has 0 unspecified atom stereocenters. The minimum absolute atomic E-state index is 0.0506. The van der Waals surface area contributed by atoms with Crippen molar-refractivity contribution in [3.63, 3.8) is 0 Å². The van der Waals surface area contributed by atoms with Gasteiger partial charge in [0.1, 0.15) is 5.75 Å². The van der Waals surface area contributed by atoms with E-state index in [2.05, 4.69) is 5.32 Å². The first-order valence-electron chi connectivity index (χ1n) is 10.6. The lowest BCUT2D eigenvalue weighted by molar-refractivity contribution is -0.127. The zero-order valence-electron chi connectivity index (χ0n) is 17.5. The molecule has 0 saturated carbocycles. The van der Waals surface area contributed by atoms with Crippen LogP contribution in [0.2, 0.25) is 5.02 Å². The van der Waals surface area contributed by atoms with Crippen LogP contribution in [0.5, 0.6) is 5.75 Å². The molecule has 2 atom stereocenters. The number of nitrogens with one attached hydrogen (secondary N) is 1. The van der Waals surface area contributed by atoms with Crippen molar-refractivity contribution in [2.45, 2.75) is 43.0 Å². The van der Waals surface area contributed by atoms with E-state index in [1.807, 2.05) is 18.2 Å². The van der Waals surface area contributed by atoms with Crippen molar-refractivity contribution in [1.82, 2.24) is 9.62 Å². The fourth-order valence-electron chi connectivity index (χ4n) is 4.49. The summed E-state index contributed by atoms with van der Waals surface area (Å²) in [6.45, 7) is 0.611. The second-order valence-electron chi connectivity index (χ2n) is 8.17. The van der Waals surface area contributed by atoms with E-state index >= 15 is 0 Å². The molecule has 1 heterocycles. The van der Waals surface area contributed by atoms with Gasteiger partial charge in [0.25, 0.3) is 0 Å². The van der Waals surface area contributed by atoms with Gasteiger partial charge in [0.05, 0.1) is 24.0 Å². The Morgan fingerprint density at radius 2 is 1.90 bits per heavy atom.